The van der Waals surface area contributed by atoms with Crippen molar-refractivity contribution in [2.75, 3.05) is 39.1 Å². The van der Waals surface area contributed by atoms with Crippen LogP contribution in [-0.2, 0) is 9.59 Å². The second-order valence-electron chi connectivity index (χ2n) is 7.86. The van der Waals surface area contributed by atoms with Crippen LogP contribution >= 0.6 is 0 Å². The number of nitro groups is 1. The second-order valence-corrected chi connectivity index (χ2v) is 7.86. The summed E-state index contributed by atoms with van der Waals surface area (Å²) in [6.45, 7) is 0. The van der Waals surface area contributed by atoms with Gasteiger partial charge in [-0.3, -0.25) is 19.7 Å². The topological polar surface area (TPSA) is 138 Å². The first-order chi connectivity index (χ1) is 18.8. The molecule has 0 atom stereocenters. The van der Waals surface area contributed by atoms with E-state index < -0.39 is 16.7 Å². The summed E-state index contributed by atoms with van der Waals surface area (Å²) in [5.74, 6) is 0.995. The fourth-order valence-corrected chi connectivity index (χ4v) is 3.49. The van der Waals surface area contributed by atoms with Crippen molar-refractivity contribution in [3.8, 4) is 23.0 Å². The number of hydrogen-bond donors (Lipinski definition) is 2. The number of ether oxygens (including phenoxy) is 4. The SMILES string of the molecule is COc1ccc(/C=C/C(=O)Nc2ccc([N+](=O)[O-])c(NC(=O)/C=C/c3ccc(OC)c(OC)c3)c2)cc1OC. The third-order valence-electron chi connectivity index (χ3n) is 5.39. The number of anilines is 2. The third-order valence-corrected chi connectivity index (χ3v) is 5.39. The Balaban J connectivity index is 1.73. The fourth-order valence-electron chi connectivity index (χ4n) is 3.49. The quantitative estimate of drug-likeness (QED) is 0.201. The standard InChI is InChI=1S/C28H27N3O8/c1-36-23-11-5-18(15-25(23)38-3)7-13-27(32)29-20-9-10-22(31(34)35)21(17-20)30-28(33)14-8-19-6-12-24(37-2)26(16-19)39-4/h5-17H,1-4H3,(H,29,32)(H,30,33)/b13-7+,14-8+. The number of nitrogens with one attached hydrogen (secondary N) is 2. The molecular weight excluding hydrogens is 506 g/mol. The second kappa shape index (κ2) is 13.3. The van der Waals surface area contributed by atoms with E-state index in [0.29, 0.717) is 34.1 Å². The zero-order chi connectivity index (χ0) is 28.4. The molecule has 3 aromatic rings. The van der Waals surface area contributed by atoms with Crippen LogP contribution in [0.3, 0.4) is 0 Å². The molecule has 2 N–H and O–H groups in total. The molecule has 2 amide bonds. The molecule has 0 aliphatic heterocycles. The minimum absolute atomic E-state index is 0.0800. The predicted molar refractivity (Wildman–Crippen MR) is 148 cm³/mol. The highest BCUT2D eigenvalue weighted by Crippen LogP contribution is 2.30. The van der Waals surface area contributed by atoms with Gasteiger partial charge in [-0.05, 0) is 59.7 Å². The molecule has 0 aliphatic carbocycles. The van der Waals surface area contributed by atoms with Crippen LogP contribution in [0.15, 0.2) is 66.7 Å². The Morgan fingerprint density at radius 3 is 1.64 bits per heavy atom. The molecule has 0 radical (unpaired) electrons. The van der Waals surface area contributed by atoms with E-state index in [4.69, 9.17) is 18.9 Å². The summed E-state index contributed by atoms with van der Waals surface area (Å²) >= 11 is 0. The maximum atomic E-state index is 12.5. The molecule has 0 saturated heterocycles. The Morgan fingerprint density at radius 2 is 1.18 bits per heavy atom. The summed E-state index contributed by atoms with van der Waals surface area (Å²) in [4.78, 5) is 35.9. The van der Waals surface area contributed by atoms with Gasteiger partial charge >= 0.3 is 0 Å². The average molecular weight is 534 g/mol. The monoisotopic (exact) mass is 533 g/mol. The first kappa shape index (κ1) is 28.3. The van der Waals surface area contributed by atoms with Gasteiger partial charge in [0, 0.05) is 23.9 Å². The van der Waals surface area contributed by atoms with E-state index in [1.165, 1.54) is 64.9 Å². The summed E-state index contributed by atoms with van der Waals surface area (Å²) in [7, 11) is 6.04. The highest BCUT2D eigenvalue weighted by molar-refractivity contribution is 6.05. The van der Waals surface area contributed by atoms with Crippen molar-refractivity contribution in [3.05, 3.63) is 88.0 Å². The Hall–Kier alpha value is -5.32. The largest absolute Gasteiger partial charge is 0.493 e. The molecule has 3 aromatic carbocycles. The number of hydrogen-bond acceptors (Lipinski definition) is 8. The van der Waals surface area contributed by atoms with Gasteiger partial charge in [0.1, 0.15) is 5.69 Å². The van der Waals surface area contributed by atoms with Crippen LogP contribution in [0.1, 0.15) is 11.1 Å². The third kappa shape index (κ3) is 7.59. The molecular formula is C28H27N3O8. The number of carbonyl (C=O) groups is 2. The van der Waals surface area contributed by atoms with Crippen LogP contribution in [0.25, 0.3) is 12.2 Å². The normalized spacial score (nSPS) is 10.8. The van der Waals surface area contributed by atoms with Crippen molar-refractivity contribution in [3.63, 3.8) is 0 Å². The van der Waals surface area contributed by atoms with Gasteiger partial charge < -0.3 is 29.6 Å². The van der Waals surface area contributed by atoms with Crippen molar-refractivity contribution >= 4 is 41.0 Å². The Kier molecular flexibility index (Phi) is 9.63. The van der Waals surface area contributed by atoms with Crippen LogP contribution in [0.5, 0.6) is 23.0 Å². The maximum absolute atomic E-state index is 12.5. The van der Waals surface area contributed by atoms with Gasteiger partial charge in [-0.15, -0.1) is 0 Å². The number of methoxy groups -OCH3 is 4. The van der Waals surface area contributed by atoms with E-state index in [1.807, 2.05) is 0 Å². The zero-order valence-electron chi connectivity index (χ0n) is 21.7. The van der Waals surface area contributed by atoms with E-state index >= 15 is 0 Å². The van der Waals surface area contributed by atoms with Gasteiger partial charge in [0.25, 0.3) is 5.69 Å². The number of nitro benzene ring substituents is 1. The zero-order valence-corrected chi connectivity index (χ0v) is 21.7. The summed E-state index contributed by atoms with van der Waals surface area (Å²) in [5.41, 5.74) is 1.19. The summed E-state index contributed by atoms with van der Waals surface area (Å²) in [6, 6.07) is 14.1. The Morgan fingerprint density at radius 1 is 0.692 bits per heavy atom. The molecule has 202 valence electrons. The first-order valence-electron chi connectivity index (χ1n) is 11.5. The molecule has 3 rings (SSSR count). The molecule has 39 heavy (non-hydrogen) atoms. The van der Waals surface area contributed by atoms with E-state index in [-0.39, 0.29) is 17.1 Å². The molecule has 0 aromatic heterocycles. The van der Waals surface area contributed by atoms with Crippen molar-refractivity contribution in [2.24, 2.45) is 0 Å². The smallest absolute Gasteiger partial charge is 0.292 e. The van der Waals surface area contributed by atoms with Crippen LogP contribution in [0, 0.1) is 10.1 Å². The molecule has 0 heterocycles. The molecule has 0 spiro atoms. The van der Waals surface area contributed by atoms with E-state index in [0.717, 1.165) is 0 Å². The Bertz CT molecular complexity index is 1430. The molecule has 0 bridgehead atoms. The van der Waals surface area contributed by atoms with E-state index in [9.17, 15) is 19.7 Å². The van der Waals surface area contributed by atoms with Crippen LogP contribution < -0.4 is 29.6 Å². The number of benzene rings is 3. The summed E-state index contributed by atoms with van der Waals surface area (Å²) in [5, 5.41) is 16.6. The lowest BCUT2D eigenvalue weighted by Gasteiger charge is -2.09. The number of rotatable bonds is 11. The lowest BCUT2D eigenvalue weighted by Crippen LogP contribution is -2.12. The lowest BCUT2D eigenvalue weighted by atomic mass is 10.1. The molecule has 11 nitrogen and oxygen atoms in total. The van der Waals surface area contributed by atoms with Crippen molar-refractivity contribution in [1.82, 2.24) is 0 Å². The van der Waals surface area contributed by atoms with E-state index in [1.54, 1.807) is 42.5 Å². The van der Waals surface area contributed by atoms with Crippen molar-refractivity contribution in [1.29, 1.82) is 0 Å². The van der Waals surface area contributed by atoms with Gasteiger partial charge in [0.15, 0.2) is 23.0 Å². The van der Waals surface area contributed by atoms with Gasteiger partial charge in [-0.1, -0.05) is 12.1 Å². The predicted octanol–water partition coefficient (Wildman–Crippen LogP) is 4.93. The summed E-state index contributed by atoms with van der Waals surface area (Å²) in [6.07, 6.45) is 5.62. The average Bonchev–Trinajstić information content (AvgIpc) is 2.94. The lowest BCUT2D eigenvalue weighted by molar-refractivity contribution is -0.383. The minimum Gasteiger partial charge on any atom is -0.493 e. The fraction of sp³-hybridized carbons (Fsp3) is 0.143. The molecule has 0 aliphatic rings. The number of amides is 2. The molecule has 0 saturated carbocycles. The number of nitrogens with zero attached hydrogens (tertiary/aromatic N) is 1. The van der Waals surface area contributed by atoms with Gasteiger partial charge in [0.2, 0.25) is 11.8 Å². The molecule has 11 heteroatoms. The minimum atomic E-state index is -0.629. The van der Waals surface area contributed by atoms with Crippen LogP contribution in [-0.4, -0.2) is 45.2 Å². The van der Waals surface area contributed by atoms with Gasteiger partial charge in [0.05, 0.1) is 33.4 Å². The summed E-state index contributed by atoms with van der Waals surface area (Å²) < 4.78 is 20.9. The van der Waals surface area contributed by atoms with E-state index in [2.05, 4.69) is 10.6 Å². The highest BCUT2D eigenvalue weighted by atomic mass is 16.6. The van der Waals surface area contributed by atoms with Crippen molar-refractivity contribution < 1.29 is 33.5 Å². The first-order valence-corrected chi connectivity index (χ1v) is 11.5. The van der Waals surface area contributed by atoms with Gasteiger partial charge in [-0.2, -0.15) is 0 Å². The Labute approximate surface area is 224 Å². The number of carbonyl (C=O) groups excluding carboxylic acids is 2. The molecule has 0 fully saturated rings. The van der Waals surface area contributed by atoms with Gasteiger partial charge in [-0.25, -0.2) is 0 Å². The maximum Gasteiger partial charge on any atom is 0.292 e. The van der Waals surface area contributed by atoms with Crippen LogP contribution in [0.4, 0.5) is 17.1 Å². The molecule has 0 unspecified atom stereocenters. The highest BCUT2D eigenvalue weighted by Gasteiger charge is 2.16. The van der Waals surface area contributed by atoms with Crippen molar-refractivity contribution in [2.45, 2.75) is 0 Å². The van der Waals surface area contributed by atoms with Crippen LogP contribution in [0.2, 0.25) is 0 Å².